The van der Waals surface area contributed by atoms with Crippen LogP contribution in [0.5, 0.6) is 0 Å². The topological polar surface area (TPSA) is 58.9 Å². The van der Waals surface area contributed by atoms with Gasteiger partial charge in [0.1, 0.15) is 0 Å². The lowest BCUT2D eigenvalue weighted by Crippen LogP contribution is -2.06. The summed E-state index contributed by atoms with van der Waals surface area (Å²) in [4.78, 5) is 27.8. The normalized spacial score (nSPS) is 12.2. The predicted molar refractivity (Wildman–Crippen MR) is 174 cm³/mol. The van der Waals surface area contributed by atoms with Gasteiger partial charge < -0.3 is 0 Å². The van der Waals surface area contributed by atoms with Crippen LogP contribution in [0.4, 0.5) is 0 Å². The van der Waals surface area contributed by atoms with Gasteiger partial charge in [0.15, 0.2) is 0 Å². The highest BCUT2D eigenvalue weighted by Crippen LogP contribution is 2.30. The highest BCUT2D eigenvalue weighted by Gasteiger charge is 2.14. The first-order valence-corrected chi connectivity index (χ1v) is 17.6. The van der Waals surface area contributed by atoms with Crippen LogP contribution in [0.1, 0.15) is 187 Å². The lowest BCUT2D eigenvalue weighted by atomic mass is 9.84. The lowest BCUT2D eigenvalue weighted by Gasteiger charge is -2.22. The monoisotopic (exact) mass is 559 g/mol. The molecule has 0 amide bonds. The maximum Gasteiger partial charge on any atom is 0.234 e. The minimum Gasteiger partial charge on any atom is -0.211 e. The van der Waals surface area contributed by atoms with E-state index in [1.807, 2.05) is 0 Å². The molecule has 40 heavy (non-hydrogen) atoms. The molecule has 0 N–H and O–H groups in total. The van der Waals surface area contributed by atoms with E-state index in [-0.39, 0.29) is 0 Å². The van der Waals surface area contributed by atoms with Gasteiger partial charge in [-0.3, -0.25) is 0 Å². The van der Waals surface area contributed by atoms with Crippen molar-refractivity contribution in [3.05, 3.63) is 11.6 Å². The maximum atomic E-state index is 10.2. The summed E-state index contributed by atoms with van der Waals surface area (Å²) in [5, 5.41) is 0. The Morgan fingerprint density at radius 1 is 0.525 bits per heavy atom. The number of carbonyl (C=O) groups excluding carboxylic acids is 2. The molecule has 0 aliphatic rings. The zero-order chi connectivity index (χ0) is 29.2. The van der Waals surface area contributed by atoms with Crippen LogP contribution in [-0.4, -0.2) is 25.2 Å². The van der Waals surface area contributed by atoms with Crippen molar-refractivity contribution in [1.29, 1.82) is 0 Å². The summed E-state index contributed by atoms with van der Waals surface area (Å²) in [6, 6.07) is 0. The second kappa shape index (κ2) is 33.7. The number of aliphatic imine (C=N–C) groups is 2. The highest BCUT2D eigenvalue weighted by atomic mass is 16.1. The van der Waals surface area contributed by atoms with Crippen LogP contribution in [0.3, 0.4) is 0 Å². The molecular weight excluding hydrogens is 492 g/mol. The zero-order valence-corrected chi connectivity index (χ0v) is 26.9. The quantitative estimate of drug-likeness (QED) is 0.0357. The van der Waals surface area contributed by atoms with Gasteiger partial charge in [0.25, 0.3) is 0 Å². The van der Waals surface area contributed by atoms with Gasteiger partial charge >= 0.3 is 0 Å². The largest absolute Gasteiger partial charge is 0.234 e. The van der Waals surface area contributed by atoms with Crippen molar-refractivity contribution in [2.75, 3.05) is 13.1 Å². The average molecular weight is 559 g/mol. The van der Waals surface area contributed by atoms with E-state index in [2.05, 4.69) is 29.9 Å². The Bertz CT molecular complexity index is 647. The summed E-state index contributed by atoms with van der Waals surface area (Å²) in [6.07, 6.45) is 41.3. The number of hydrogen-bond acceptors (Lipinski definition) is 4. The smallest absolute Gasteiger partial charge is 0.211 e. The predicted octanol–water partition coefficient (Wildman–Crippen LogP) is 11.8. The van der Waals surface area contributed by atoms with Crippen molar-refractivity contribution >= 4 is 12.2 Å². The van der Waals surface area contributed by atoms with Gasteiger partial charge in [0.2, 0.25) is 12.2 Å². The first-order chi connectivity index (χ1) is 19.8. The minimum atomic E-state index is 0.642. The molecule has 0 aromatic rings. The van der Waals surface area contributed by atoms with Gasteiger partial charge in [0, 0.05) is 0 Å². The van der Waals surface area contributed by atoms with E-state index in [4.69, 9.17) is 0 Å². The number of hydrogen-bond donors (Lipinski definition) is 0. The van der Waals surface area contributed by atoms with Crippen molar-refractivity contribution in [1.82, 2.24) is 0 Å². The van der Waals surface area contributed by atoms with Crippen LogP contribution in [0.25, 0.3) is 0 Å². The molecule has 0 spiro atoms. The van der Waals surface area contributed by atoms with Gasteiger partial charge in [-0.2, -0.15) is 0 Å². The third-order valence-corrected chi connectivity index (χ3v) is 8.33. The molecule has 0 rings (SSSR count). The molecule has 0 fully saturated rings. The molecule has 0 aliphatic carbocycles. The van der Waals surface area contributed by atoms with E-state index in [0.29, 0.717) is 13.1 Å². The van der Waals surface area contributed by atoms with Crippen molar-refractivity contribution in [2.24, 2.45) is 15.9 Å². The molecule has 0 bridgehead atoms. The van der Waals surface area contributed by atoms with Crippen LogP contribution < -0.4 is 0 Å². The number of unbranched alkanes of at least 4 members (excludes halogenated alkanes) is 20. The third-order valence-electron chi connectivity index (χ3n) is 8.33. The molecule has 4 nitrogen and oxygen atoms in total. The number of allylic oxidation sites excluding steroid dienone is 2. The third kappa shape index (κ3) is 28.0. The number of rotatable bonds is 32. The van der Waals surface area contributed by atoms with Crippen LogP contribution in [-0.2, 0) is 9.59 Å². The lowest BCUT2D eigenvalue weighted by molar-refractivity contribution is 0.433. The molecule has 4 heteroatoms. The Morgan fingerprint density at radius 2 is 0.925 bits per heavy atom. The van der Waals surface area contributed by atoms with Gasteiger partial charge in [-0.25, -0.2) is 19.6 Å². The second-order valence-corrected chi connectivity index (χ2v) is 12.0. The molecule has 0 heterocycles. The SMILES string of the molecule is CCCCCCC/C=C(/CCCCCCCCN=C=O)C(CCCCCCCC)CCCCCCCCN=C=O. The molecule has 0 saturated carbocycles. The fourth-order valence-corrected chi connectivity index (χ4v) is 5.80. The summed E-state index contributed by atoms with van der Waals surface area (Å²) in [7, 11) is 0. The molecule has 232 valence electrons. The molecule has 0 radical (unpaired) electrons. The summed E-state index contributed by atoms with van der Waals surface area (Å²) in [6.45, 7) is 5.89. The Hall–Kier alpha value is -1.50. The Labute approximate surface area is 249 Å². The average Bonchev–Trinajstić information content (AvgIpc) is 2.96. The fourth-order valence-electron chi connectivity index (χ4n) is 5.80. The Kier molecular flexibility index (Phi) is 32.4. The fraction of sp³-hybridized carbons (Fsp3) is 0.889. The van der Waals surface area contributed by atoms with Gasteiger partial charge in [0.05, 0.1) is 13.1 Å². The van der Waals surface area contributed by atoms with Crippen LogP contribution in [0.2, 0.25) is 0 Å². The number of nitrogens with zero attached hydrogens (tertiary/aromatic N) is 2. The van der Waals surface area contributed by atoms with Crippen molar-refractivity contribution < 1.29 is 9.59 Å². The molecule has 1 unspecified atom stereocenters. The van der Waals surface area contributed by atoms with E-state index < -0.39 is 0 Å². The van der Waals surface area contributed by atoms with Gasteiger partial charge in [-0.05, 0) is 57.3 Å². The second-order valence-electron chi connectivity index (χ2n) is 12.0. The Morgan fingerprint density at radius 3 is 1.40 bits per heavy atom. The molecule has 0 aromatic heterocycles. The van der Waals surface area contributed by atoms with Crippen molar-refractivity contribution in [3.8, 4) is 0 Å². The standard InChI is InChI=1S/C36H66N2O2/c1-3-5-7-9-15-21-27-35(29-23-17-11-13-19-25-31-37-33-39)36(28-22-16-10-8-6-4-2)30-24-18-12-14-20-26-32-38-34-40/h27,36H,3-26,28-32H2,1-2H3/b35-27-. The van der Waals surface area contributed by atoms with E-state index in [1.165, 1.54) is 161 Å². The highest BCUT2D eigenvalue weighted by molar-refractivity contribution is 5.32. The summed E-state index contributed by atoms with van der Waals surface area (Å²) in [5.41, 5.74) is 1.79. The minimum absolute atomic E-state index is 0.642. The number of isocyanates is 2. The van der Waals surface area contributed by atoms with E-state index in [1.54, 1.807) is 17.7 Å². The first kappa shape index (κ1) is 38.5. The summed E-state index contributed by atoms with van der Waals surface area (Å²) in [5.74, 6) is 0.782. The van der Waals surface area contributed by atoms with Crippen molar-refractivity contribution in [3.63, 3.8) is 0 Å². The van der Waals surface area contributed by atoms with Gasteiger partial charge in [-0.1, -0.05) is 147 Å². The molecule has 0 aliphatic heterocycles. The van der Waals surface area contributed by atoms with E-state index in [9.17, 15) is 9.59 Å². The van der Waals surface area contributed by atoms with Crippen LogP contribution in [0.15, 0.2) is 21.6 Å². The maximum absolute atomic E-state index is 10.2. The summed E-state index contributed by atoms with van der Waals surface area (Å²) < 4.78 is 0. The molecular formula is C36H66N2O2. The van der Waals surface area contributed by atoms with Crippen molar-refractivity contribution in [2.45, 2.75) is 187 Å². The summed E-state index contributed by atoms with van der Waals surface area (Å²) >= 11 is 0. The molecule has 0 saturated heterocycles. The van der Waals surface area contributed by atoms with E-state index in [0.717, 1.165) is 18.8 Å². The molecule has 0 aromatic carbocycles. The first-order valence-electron chi connectivity index (χ1n) is 17.6. The van der Waals surface area contributed by atoms with Crippen LogP contribution in [0, 0.1) is 5.92 Å². The Balaban J connectivity index is 4.82. The zero-order valence-electron chi connectivity index (χ0n) is 26.9. The van der Waals surface area contributed by atoms with Crippen LogP contribution >= 0.6 is 0 Å². The van der Waals surface area contributed by atoms with Gasteiger partial charge in [-0.15, -0.1) is 0 Å². The van der Waals surface area contributed by atoms with E-state index >= 15 is 0 Å². The molecule has 1 atom stereocenters.